The smallest absolute Gasteiger partial charge is 0.257 e. The SMILES string of the molecule is COc1cccc(OCC(=O)NCCS(=O)(=O)Nc2ccn3nccc3c2)c1. The predicted octanol–water partition coefficient (Wildman–Crippen LogP) is 1.28. The summed E-state index contributed by atoms with van der Waals surface area (Å²) in [7, 11) is -2.07. The molecule has 0 aliphatic carbocycles. The fourth-order valence-corrected chi connectivity index (χ4v) is 3.39. The van der Waals surface area contributed by atoms with Gasteiger partial charge in [0.15, 0.2) is 6.61 Å². The van der Waals surface area contributed by atoms with Crippen molar-refractivity contribution in [2.24, 2.45) is 0 Å². The Kier molecular flexibility index (Phi) is 5.99. The molecule has 0 aliphatic heterocycles. The second-order valence-corrected chi connectivity index (χ2v) is 7.70. The van der Waals surface area contributed by atoms with Gasteiger partial charge in [0.2, 0.25) is 10.0 Å². The van der Waals surface area contributed by atoms with Crippen LogP contribution in [-0.4, -0.2) is 50.0 Å². The predicted molar refractivity (Wildman–Crippen MR) is 104 cm³/mol. The van der Waals surface area contributed by atoms with E-state index in [2.05, 4.69) is 15.1 Å². The van der Waals surface area contributed by atoms with Crippen LogP contribution in [0.15, 0.2) is 54.9 Å². The second-order valence-electron chi connectivity index (χ2n) is 5.85. The number of pyridine rings is 1. The molecule has 2 heterocycles. The Morgan fingerprint density at radius 3 is 2.82 bits per heavy atom. The van der Waals surface area contributed by atoms with E-state index in [0.717, 1.165) is 5.52 Å². The number of amides is 1. The quantitative estimate of drug-likeness (QED) is 0.556. The van der Waals surface area contributed by atoms with Gasteiger partial charge in [-0.2, -0.15) is 5.10 Å². The third-order valence-corrected chi connectivity index (χ3v) is 5.07. The van der Waals surface area contributed by atoms with E-state index in [1.807, 2.05) is 0 Å². The molecule has 1 amide bonds. The molecule has 10 heteroatoms. The summed E-state index contributed by atoms with van der Waals surface area (Å²) in [6.07, 6.45) is 3.28. The number of nitrogens with zero attached hydrogens (tertiary/aromatic N) is 2. The van der Waals surface area contributed by atoms with Crippen molar-refractivity contribution < 1.29 is 22.7 Å². The van der Waals surface area contributed by atoms with Crippen LogP contribution in [0.5, 0.6) is 11.5 Å². The van der Waals surface area contributed by atoms with E-state index in [0.29, 0.717) is 17.2 Å². The highest BCUT2D eigenvalue weighted by atomic mass is 32.2. The van der Waals surface area contributed by atoms with E-state index >= 15 is 0 Å². The largest absolute Gasteiger partial charge is 0.497 e. The minimum Gasteiger partial charge on any atom is -0.497 e. The molecule has 28 heavy (non-hydrogen) atoms. The molecule has 0 unspecified atom stereocenters. The number of methoxy groups -OCH3 is 1. The molecule has 3 rings (SSSR count). The van der Waals surface area contributed by atoms with E-state index in [9.17, 15) is 13.2 Å². The highest BCUT2D eigenvalue weighted by Crippen LogP contribution is 2.18. The standard InChI is InChI=1S/C18H20N4O5S/c1-26-16-3-2-4-17(12-16)27-13-18(23)19-8-10-28(24,25)21-14-6-9-22-15(11-14)5-7-20-22/h2-7,9,11-12,21H,8,10,13H2,1H3,(H,19,23). The number of aromatic nitrogens is 2. The molecule has 3 aromatic rings. The number of anilines is 1. The van der Waals surface area contributed by atoms with Crippen molar-refractivity contribution in [2.45, 2.75) is 0 Å². The topological polar surface area (TPSA) is 111 Å². The van der Waals surface area contributed by atoms with E-state index in [-0.39, 0.29) is 18.9 Å². The maximum atomic E-state index is 12.2. The highest BCUT2D eigenvalue weighted by molar-refractivity contribution is 7.92. The molecule has 148 valence electrons. The van der Waals surface area contributed by atoms with Gasteiger partial charge in [-0.3, -0.25) is 9.52 Å². The van der Waals surface area contributed by atoms with Crippen LogP contribution in [0, 0.1) is 0 Å². The molecular weight excluding hydrogens is 384 g/mol. The first kappa shape index (κ1) is 19.5. The first-order valence-electron chi connectivity index (χ1n) is 8.43. The summed E-state index contributed by atoms with van der Waals surface area (Å²) in [4.78, 5) is 11.8. The number of hydrogen-bond donors (Lipinski definition) is 2. The lowest BCUT2D eigenvalue weighted by Gasteiger charge is -2.10. The molecule has 0 spiro atoms. The maximum absolute atomic E-state index is 12.2. The lowest BCUT2D eigenvalue weighted by Crippen LogP contribution is -2.34. The van der Waals surface area contributed by atoms with Crippen molar-refractivity contribution in [3.05, 3.63) is 54.9 Å². The number of ether oxygens (including phenoxy) is 2. The Bertz CT molecular complexity index is 1060. The van der Waals surface area contributed by atoms with Gasteiger partial charge in [0, 0.05) is 25.0 Å². The first-order valence-corrected chi connectivity index (χ1v) is 10.1. The van der Waals surface area contributed by atoms with Crippen LogP contribution in [0.4, 0.5) is 5.69 Å². The second kappa shape index (κ2) is 8.61. The van der Waals surface area contributed by atoms with Crippen molar-refractivity contribution in [3.8, 4) is 11.5 Å². The summed E-state index contributed by atoms with van der Waals surface area (Å²) in [5, 5.41) is 6.57. The third-order valence-electron chi connectivity index (χ3n) is 3.78. The van der Waals surface area contributed by atoms with Crippen molar-refractivity contribution in [1.29, 1.82) is 0 Å². The summed E-state index contributed by atoms with van der Waals surface area (Å²) >= 11 is 0. The zero-order valence-electron chi connectivity index (χ0n) is 15.2. The van der Waals surface area contributed by atoms with Crippen LogP contribution in [0.25, 0.3) is 5.52 Å². The molecule has 2 aromatic heterocycles. The normalized spacial score (nSPS) is 11.2. The molecule has 0 atom stereocenters. The molecule has 0 bridgehead atoms. The monoisotopic (exact) mass is 404 g/mol. The van der Waals surface area contributed by atoms with E-state index in [1.54, 1.807) is 59.4 Å². The van der Waals surface area contributed by atoms with Gasteiger partial charge in [0.05, 0.1) is 24.1 Å². The molecule has 2 N–H and O–H groups in total. The Hall–Kier alpha value is -3.27. The van der Waals surface area contributed by atoms with Gasteiger partial charge in [-0.15, -0.1) is 0 Å². The van der Waals surface area contributed by atoms with E-state index in [1.165, 1.54) is 7.11 Å². The van der Waals surface area contributed by atoms with Crippen molar-refractivity contribution in [1.82, 2.24) is 14.9 Å². The summed E-state index contributed by atoms with van der Waals surface area (Å²) in [6, 6.07) is 11.9. The maximum Gasteiger partial charge on any atom is 0.257 e. The number of carbonyl (C=O) groups is 1. The van der Waals surface area contributed by atoms with E-state index < -0.39 is 15.9 Å². The zero-order valence-corrected chi connectivity index (χ0v) is 16.0. The van der Waals surface area contributed by atoms with Crippen molar-refractivity contribution in [3.63, 3.8) is 0 Å². The Labute approximate surface area is 162 Å². The van der Waals surface area contributed by atoms with Gasteiger partial charge in [-0.1, -0.05) is 6.07 Å². The highest BCUT2D eigenvalue weighted by Gasteiger charge is 2.12. The van der Waals surface area contributed by atoms with Gasteiger partial charge >= 0.3 is 0 Å². The minimum atomic E-state index is -3.61. The third kappa shape index (κ3) is 5.36. The van der Waals surface area contributed by atoms with Gasteiger partial charge in [-0.05, 0) is 30.3 Å². The molecular formula is C18H20N4O5S. The van der Waals surface area contributed by atoms with Crippen LogP contribution in [0.1, 0.15) is 0 Å². The van der Waals surface area contributed by atoms with Gasteiger partial charge in [0.25, 0.3) is 5.91 Å². The average Bonchev–Trinajstić information content (AvgIpc) is 3.14. The van der Waals surface area contributed by atoms with Crippen molar-refractivity contribution >= 4 is 27.1 Å². The molecule has 0 saturated carbocycles. The first-order chi connectivity index (χ1) is 13.4. The number of benzene rings is 1. The summed E-state index contributed by atoms with van der Waals surface area (Å²) in [5.74, 6) is 0.421. The van der Waals surface area contributed by atoms with Crippen LogP contribution >= 0.6 is 0 Å². The van der Waals surface area contributed by atoms with Crippen molar-refractivity contribution in [2.75, 3.05) is 30.7 Å². The number of hydrogen-bond acceptors (Lipinski definition) is 6. The van der Waals surface area contributed by atoms with Crippen LogP contribution in [0.3, 0.4) is 0 Å². The van der Waals surface area contributed by atoms with Gasteiger partial charge in [-0.25, -0.2) is 12.9 Å². The average molecular weight is 404 g/mol. The Balaban J connectivity index is 1.44. The zero-order chi connectivity index (χ0) is 20.0. The molecule has 1 aromatic carbocycles. The molecule has 9 nitrogen and oxygen atoms in total. The molecule has 0 fully saturated rings. The Morgan fingerprint density at radius 2 is 2.00 bits per heavy atom. The minimum absolute atomic E-state index is 0.0371. The van der Waals surface area contributed by atoms with Crippen LogP contribution in [0.2, 0.25) is 0 Å². The number of nitrogens with one attached hydrogen (secondary N) is 2. The van der Waals surface area contributed by atoms with E-state index in [4.69, 9.17) is 9.47 Å². The fraction of sp³-hybridized carbons (Fsp3) is 0.222. The summed E-state index contributed by atoms with van der Waals surface area (Å²) in [6.45, 7) is -0.261. The Morgan fingerprint density at radius 1 is 1.18 bits per heavy atom. The number of rotatable bonds is 9. The lowest BCUT2D eigenvalue weighted by atomic mass is 10.3. The fourth-order valence-electron chi connectivity index (χ4n) is 2.43. The number of fused-ring (bicyclic) bond motifs is 1. The van der Waals surface area contributed by atoms with Gasteiger partial charge < -0.3 is 14.8 Å². The molecule has 0 saturated heterocycles. The van der Waals surface area contributed by atoms with Gasteiger partial charge in [0.1, 0.15) is 11.5 Å². The molecule has 0 aliphatic rings. The number of carbonyl (C=O) groups excluding carboxylic acids is 1. The molecule has 0 radical (unpaired) electrons. The lowest BCUT2D eigenvalue weighted by molar-refractivity contribution is -0.122. The summed E-state index contributed by atoms with van der Waals surface area (Å²) < 4.78 is 38.9. The summed E-state index contributed by atoms with van der Waals surface area (Å²) in [5.41, 5.74) is 1.20. The van der Waals surface area contributed by atoms with Crippen LogP contribution < -0.4 is 19.5 Å². The number of sulfonamides is 1. The van der Waals surface area contributed by atoms with Crippen LogP contribution in [-0.2, 0) is 14.8 Å².